The van der Waals surface area contributed by atoms with Crippen molar-refractivity contribution in [3.8, 4) is 0 Å². The summed E-state index contributed by atoms with van der Waals surface area (Å²) in [6.45, 7) is 8.71. The Hall–Kier alpha value is -2.12. The minimum Gasteiger partial charge on any atom is -0.377 e. The minimum atomic E-state index is -0.299. The molecule has 3 amide bonds. The maximum atomic E-state index is 13.0. The molecule has 7 heteroatoms. The van der Waals surface area contributed by atoms with E-state index in [1.165, 1.54) is 0 Å². The van der Waals surface area contributed by atoms with Gasteiger partial charge in [-0.15, -0.1) is 0 Å². The van der Waals surface area contributed by atoms with Crippen LogP contribution in [0.2, 0.25) is 0 Å². The first-order valence-corrected chi connectivity index (χ1v) is 9.82. The van der Waals surface area contributed by atoms with Gasteiger partial charge in [0.25, 0.3) is 5.91 Å². The van der Waals surface area contributed by atoms with Crippen molar-refractivity contribution in [3.63, 3.8) is 0 Å². The highest BCUT2D eigenvalue weighted by molar-refractivity contribution is 6.03. The van der Waals surface area contributed by atoms with Gasteiger partial charge in [0.1, 0.15) is 0 Å². The first-order chi connectivity index (χ1) is 13.0. The van der Waals surface area contributed by atoms with E-state index in [1.54, 1.807) is 12.1 Å². The second-order valence-corrected chi connectivity index (χ2v) is 7.53. The number of hydrogen-bond acceptors (Lipinski definition) is 4. The summed E-state index contributed by atoms with van der Waals surface area (Å²) in [4.78, 5) is 29.2. The summed E-state index contributed by atoms with van der Waals surface area (Å²) in [7, 11) is 0. The number of nitrogens with zero attached hydrogens (tertiary/aromatic N) is 2. The molecule has 0 saturated carbocycles. The molecule has 1 atom stereocenters. The van der Waals surface area contributed by atoms with Crippen LogP contribution in [0.15, 0.2) is 24.3 Å². The number of urea groups is 1. The molecule has 2 heterocycles. The molecule has 27 heavy (non-hydrogen) atoms. The van der Waals surface area contributed by atoms with Gasteiger partial charge in [-0.1, -0.05) is 12.1 Å². The fourth-order valence-corrected chi connectivity index (χ4v) is 3.58. The summed E-state index contributed by atoms with van der Waals surface area (Å²) in [6.07, 6.45) is 2.63. The van der Waals surface area contributed by atoms with Crippen LogP contribution in [0.25, 0.3) is 0 Å². The van der Waals surface area contributed by atoms with Crippen LogP contribution >= 0.6 is 0 Å². The average molecular weight is 374 g/mol. The van der Waals surface area contributed by atoms with Gasteiger partial charge >= 0.3 is 6.03 Å². The first-order valence-electron chi connectivity index (χ1n) is 9.82. The van der Waals surface area contributed by atoms with E-state index in [2.05, 4.69) is 15.5 Å². The number of benzene rings is 1. The van der Waals surface area contributed by atoms with Crippen LogP contribution in [-0.4, -0.2) is 73.2 Å². The lowest BCUT2D eigenvalue weighted by atomic mass is 10.1. The van der Waals surface area contributed by atoms with Gasteiger partial charge in [0, 0.05) is 45.4 Å². The lowest BCUT2D eigenvalue weighted by Gasteiger charge is -2.36. The van der Waals surface area contributed by atoms with Crippen molar-refractivity contribution < 1.29 is 14.3 Å². The van der Waals surface area contributed by atoms with Crippen molar-refractivity contribution in [1.82, 2.24) is 15.1 Å². The second kappa shape index (κ2) is 9.19. The number of carbonyl (C=O) groups is 2. The van der Waals surface area contributed by atoms with E-state index in [4.69, 9.17) is 4.74 Å². The molecule has 1 aromatic rings. The summed E-state index contributed by atoms with van der Waals surface area (Å²) >= 11 is 0. The molecule has 2 N–H and O–H groups in total. The molecule has 0 spiro atoms. The minimum absolute atomic E-state index is 0.0322. The first kappa shape index (κ1) is 19.6. The van der Waals surface area contributed by atoms with E-state index in [0.717, 1.165) is 39.1 Å². The highest BCUT2D eigenvalue weighted by atomic mass is 16.5. The van der Waals surface area contributed by atoms with E-state index in [1.807, 2.05) is 30.9 Å². The highest BCUT2D eigenvalue weighted by Gasteiger charge is 2.26. The molecule has 0 radical (unpaired) electrons. The standard InChI is InChI=1S/C20H30N4O3/c1-15(2)21-20(26)22-18-8-4-3-7-17(18)19(25)24-11-9-23(10-12-24)14-16-6-5-13-27-16/h3-4,7-8,15-16H,5-6,9-14H2,1-2H3,(H2,21,22,26). The Balaban J connectivity index is 1.57. The molecular weight excluding hydrogens is 344 g/mol. The number of anilines is 1. The molecule has 2 saturated heterocycles. The summed E-state index contributed by atoms with van der Waals surface area (Å²) in [5.41, 5.74) is 1.08. The van der Waals surface area contributed by atoms with E-state index in [-0.39, 0.29) is 18.0 Å². The fourth-order valence-electron chi connectivity index (χ4n) is 3.58. The fraction of sp³-hybridized carbons (Fsp3) is 0.600. The monoisotopic (exact) mass is 374 g/mol. The average Bonchev–Trinajstić information content (AvgIpc) is 3.14. The van der Waals surface area contributed by atoms with Crippen LogP contribution in [0.5, 0.6) is 0 Å². The largest absolute Gasteiger partial charge is 0.377 e. The van der Waals surface area contributed by atoms with Crippen LogP contribution in [0.1, 0.15) is 37.0 Å². The molecule has 1 unspecified atom stereocenters. The van der Waals surface area contributed by atoms with Crippen molar-refractivity contribution in [3.05, 3.63) is 29.8 Å². The highest BCUT2D eigenvalue weighted by Crippen LogP contribution is 2.19. The maximum Gasteiger partial charge on any atom is 0.319 e. The van der Waals surface area contributed by atoms with Crippen LogP contribution in [0.4, 0.5) is 10.5 Å². The third-order valence-electron chi connectivity index (χ3n) is 4.97. The zero-order chi connectivity index (χ0) is 19.2. The predicted molar refractivity (Wildman–Crippen MR) is 105 cm³/mol. The molecular formula is C20H30N4O3. The predicted octanol–water partition coefficient (Wildman–Crippen LogP) is 2.15. The van der Waals surface area contributed by atoms with E-state index < -0.39 is 0 Å². The summed E-state index contributed by atoms with van der Waals surface area (Å²) in [5.74, 6) is -0.0350. The Morgan fingerprint density at radius 2 is 1.93 bits per heavy atom. The Kier molecular flexibility index (Phi) is 6.68. The molecule has 148 valence electrons. The van der Waals surface area contributed by atoms with Gasteiger partial charge in [-0.25, -0.2) is 4.79 Å². The van der Waals surface area contributed by atoms with Crippen molar-refractivity contribution in [2.24, 2.45) is 0 Å². The maximum absolute atomic E-state index is 13.0. The van der Waals surface area contributed by atoms with Crippen LogP contribution < -0.4 is 10.6 Å². The zero-order valence-corrected chi connectivity index (χ0v) is 16.2. The van der Waals surface area contributed by atoms with E-state index >= 15 is 0 Å². The van der Waals surface area contributed by atoms with Gasteiger partial charge < -0.3 is 20.3 Å². The van der Waals surface area contributed by atoms with Gasteiger partial charge in [-0.05, 0) is 38.8 Å². The van der Waals surface area contributed by atoms with Crippen molar-refractivity contribution in [2.75, 3.05) is 44.6 Å². The number of hydrogen-bond donors (Lipinski definition) is 2. The molecule has 2 aliphatic heterocycles. The summed E-state index contributed by atoms with van der Waals surface area (Å²) in [5, 5.41) is 5.58. The number of carbonyl (C=O) groups excluding carboxylic acids is 2. The third-order valence-corrected chi connectivity index (χ3v) is 4.97. The number of ether oxygens (including phenoxy) is 1. The molecule has 3 rings (SSSR count). The van der Waals surface area contributed by atoms with E-state index in [0.29, 0.717) is 30.4 Å². The number of nitrogens with one attached hydrogen (secondary N) is 2. The Morgan fingerprint density at radius 3 is 2.59 bits per heavy atom. The summed E-state index contributed by atoms with van der Waals surface area (Å²) < 4.78 is 5.71. The third kappa shape index (κ3) is 5.43. The zero-order valence-electron chi connectivity index (χ0n) is 16.2. The Bertz CT molecular complexity index is 650. The number of amides is 3. The van der Waals surface area contributed by atoms with E-state index in [9.17, 15) is 9.59 Å². The second-order valence-electron chi connectivity index (χ2n) is 7.53. The van der Waals surface area contributed by atoms with Gasteiger partial charge in [-0.3, -0.25) is 9.69 Å². The van der Waals surface area contributed by atoms with Gasteiger partial charge in [0.15, 0.2) is 0 Å². The van der Waals surface area contributed by atoms with Gasteiger partial charge in [0.2, 0.25) is 0 Å². The molecule has 1 aromatic carbocycles. The Labute approximate surface area is 161 Å². The SMILES string of the molecule is CC(C)NC(=O)Nc1ccccc1C(=O)N1CCN(CC2CCCO2)CC1. The van der Waals surface area contributed by atoms with Crippen LogP contribution in [0.3, 0.4) is 0 Å². The lowest BCUT2D eigenvalue weighted by Crippen LogP contribution is -2.50. The van der Waals surface area contributed by atoms with Gasteiger partial charge in [-0.2, -0.15) is 0 Å². The Morgan fingerprint density at radius 1 is 1.19 bits per heavy atom. The topological polar surface area (TPSA) is 73.9 Å². The number of piperazine rings is 1. The molecule has 2 aliphatic rings. The van der Waals surface area contributed by atoms with Crippen molar-refractivity contribution >= 4 is 17.6 Å². The van der Waals surface area contributed by atoms with Gasteiger partial charge in [0.05, 0.1) is 17.4 Å². The number of para-hydroxylation sites is 1. The smallest absolute Gasteiger partial charge is 0.319 e. The molecule has 0 aromatic heterocycles. The van der Waals surface area contributed by atoms with Crippen LogP contribution in [-0.2, 0) is 4.74 Å². The van der Waals surface area contributed by atoms with Crippen molar-refractivity contribution in [2.45, 2.75) is 38.8 Å². The molecule has 7 nitrogen and oxygen atoms in total. The van der Waals surface area contributed by atoms with Crippen LogP contribution in [0, 0.1) is 0 Å². The molecule has 0 bridgehead atoms. The summed E-state index contributed by atoms with van der Waals surface area (Å²) in [6, 6.07) is 6.91. The lowest BCUT2D eigenvalue weighted by molar-refractivity contribution is 0.0433. The number of rotatable bonds is 5. The quantitative estimate of drug-likeness (QED) is 0.828. The molecule has 2 fully saturated rings. The normalized spacial score (nSPS) is 20.7. The molecule has 0 aliphatic carbocycles. The van der Waals surface area contributed by atoms with Crippen molar-refractivity contribution in [1.29, 1.82) is 0 Å².